The number of carbonyl (C=O) groups is 2. The summed E-state index contributed by atoms with van der Waals surface area (Å²) >= 11 is 0. The van der Waals surface area contributed by atoms with Gasteiger partial charge in [-0.2, -0.15) is 0 Å². The van der Waals surface area contributed by atoms with Crippen molar-refractivity contribution in [3.63, 3.8) is 0 Å². The summed E-state index contributed by atoms with van der Waals surface area (Å²) < 4.78 is 27.0. The van der Waals surface area contributed by atoms with Crippen LogP contribution in [0.3, 0.4) is 0 Å². The molecule has 4 aliphatic heterocycles. The highest BCUT2D eigenvalue weighted by molar-refractivity contribution is 7.98. The first-order chi connectivity index (χ1) is 53.9. The number of pyridine rings is 1. The molecule has 1 aromatic heterocycles. The summed E-state index contributed by atoms with van der Waals surface area (Å²) in [5.41, 5.74) is 15.0. The second kappa shape index (κ2) is 52.0. The van der Waals surface area contributed by atoms with E-state index in [4.69, 9.17) is 9.47 Å². The first kappa shape index (κ1) is 101. The molecule has 0 spiro atoms. The summed E-state index contributed by atoms with van der Waals surface area (Å²) in [7, 11) is 4.29. The third kappa shape index (κ3) is 36.2. The van der Waals surface area contributed by atoms with Crippen LogP contribution in [0, 0.1) is 12.8 Å². The Morgan fingerprint density at radius 2 is 0.819 bits per heavy atom. The number of carbonyl (C=O) groups excluding carboxylic acids is 2. The van der Waals surface area contributed by atoms with Gasteiger partial charge in [0.1, 0.15) is 30.4 Å². The number of hydrogen-bond acceptors (Lipinski definition) is 13. The van der Waals surface area contributed by atoms with Crippen molar-refractivity contribution in [2.24, 2.45) is 5.92 Å². The van der Waals surface area contributed by atoms with Crippen molar-refractivity contribution in [3.05, 3.63) is 214 Å². The van der Waals surface area contributed by atoms with E-state index in [0.29, 0.717) is 71.9 Å². The molecule has 4 saturated heterocycles. The van der Waals surface area contributed by atoms with E-state index in [1.165, 1.54) is 134 Å². The summed E-state index contributed by atoms with van der Waals surface area (Å²) in [6.07, 6.45) is 10.5. The van der Waals surface area contributed by atoms with Crippen LogP contribution in [-0.4, -0.2) is 196 Å². The number of Topliss-reactive ketones (excluding diaryl/α,β-unsaturated/α-hetero) is 2. The molecule has 6 aromatic carbocycles. The monoisotopic (exact) mass is 1610 g/mol. The summed E-state index contributed by atoms with van der Waals surface area (Å²) in [6, 6.07) is 53.1. The molecule has 6 fully saturated rings. The fourth-order valence-electron chi connectivity index (χ4n) is 13.6. The van der Waals surface area contributed by atoms with Gasteiger partial charge in [-0.1, -0.05) is 217 Å². The Bertz CT molecular complexity index is 3940. The van der Waals surface area contributed by atoms with E-state index in [-0.39, 0.29) is 33.8 Å². The molecule has 644 valence electrons. The summed E-state index contributed by atoms with van der Waals surface area (Å²) in [5.74, 6) is 10.8. The van der Waals surface area contributed by atoms with Crippen LogP contribution in [0.25, 0.3) is 0 Å². The molecule has 15 heteroatoms. The molecule has 0 bridgehead atoms. The highest BCUT2D eigenvalue weighted by Crippen LogP contribution is 2.34. The lowest BCUT2D eigenvalue weighted by Crippen LogP contribution is -2.45. The van der Waals surface area contributed by atoms with E-state index in [0.717, 1.165) is 100 Å². The first-order valence-corrected chi connectivity index (χ1v) is 44.7. The Morgan fingerprint density at radius 1 is 0.448 bits per heavy atom. The van der Waals surface area contributed by atoms with Crippen molar-refractivity contribution in [2.45, 2.75) is 237 Å². The molecule has 13 rings (SSSR count). The largest absolute Gasteiger partial charge is 0.492 e. The average Bonchev–Trinajstić information content (AvgIpc) is 1.54. The minimum atomic E-state index is -2.29. The Morgan fingerprint density at radius 3 is 1.20 bits per heavy atom. The second-order valence-corrected chi connectivity index (χ2v) is 36.5. The number of aromatic nitrogens is 1. The van der Waals surface area contributed by atoms with Crippen LogP contribution < -0.4 is 24.0 Å². The number of ether oxygens (including phenoxy) is 2. The maximum absolute atomic E-state index is 12.3. The van der Waals surface area contributed by atoms with Gasteiger partial charge in [-0.05, 0) is 238 Å². The predicted octanol–water partition coefficient (Wildman–Crippen LogP) is 22.2. The van der Waals surface area contributed by atoms with Crippen molar-refractivity contribution in [2.75, 3.05) is 149 Å². The van der Waals surface area contributed by atoms with Crippen molar-refractivity contribution in [1.82, 2.24) is 34.2 Å². The number of hydrogen-bond donors (Lipinski definition) is 1. The minimum absolute atomic E-state index is 0. The van der Waals surface area contributed by atoms with Crippen LogP contribution in [0.4, 0.5) is 11.4 Å². The highest BCUT2D eigenvalue weighted by atomic mass is 32.2. The first-order valence-electron chi connectivity index (χ1n) is 43.0. The molecular weight excluding hydrogens is 1450 g/mol. The quantitative estimate of drug-likeness (QED) is 0.0433. The molecule has 0 amide bonds. The number of piperazine rings is 3. The normalized spacial score (nSPS) is 16.4. The topological polar surface area (TPSA) is 117 Å². The molecular formula is C101H159N9O5S. The van der Waals surface area contributed by atoms with Crippen LogP contribution in [0.5, 0.6) is 11.5 Å². The highest BCUT2D eigenvalue weighted by Gasteiger charge is 2.27. The van der Waals surface area contributed by atoms with Crippen molar-refractivity contribution >= 4 is 38.5 Å². The van der Waals surface area contributed by atoms with Crippen LogP contribution >= 0.6 is 0 Å². The number of anilines is 2. The van der Waals surface area contributed by atoms with Gasteiger partial charge < -0.3 is 34.0 Å². The van der Waals surface area contributed by atoms with E-state index in [9.17, 15) is 13.8 Å². The summed E-state index contributed by atoms with van der Waals surface area (Å²) in [4.78, 5) is 45.1. The fraction of sp³-hybridized carbons (Fsp3) is 0.564. The number of likely N-dealkylation sites (N-methyl/N-ethyl adjacent to an activating group) is 3. The molecule has 6 aliphatic rings. The lowest BCUT2D eigenvalue weighted by atomic mass is 9.99. The van der Waals surface area contributed by atoms with Gasteiger partial charge in [-0.3, -0.25) is 24.4 Å². The maximum atomic E-state index is 12.3. The molecule has 116 heavy (non-hydrogen) atoms. The van der Waals surface area contributed by atoms with E-state index in [1.807, 2.05) is 73.8 Å². The zero-order valence-electron chi connectivity index (χ0n) is 73.3. The third-order valence-corrected chi connectivity index (χ3v) is 24.1. The van der Waals surface area contributed by atoms with Crippen molar-refractivity contribution < 1.29 is 23.3 Å². The third-order valence-electron chi connectivity index (χ3n) is 22.4. The summed E-state index contributed by atoms with van der Waals surface area (Å²) in [6.45, 7) is 54.9. The van der Waals surface area contributed by atoms with Gasteiger partial charge >= 0.3 is 0 Å². The minimum Gasteiger partial charge on any atom is -0.492 e. The van der Waals surface area contributed by atoms with Crippen LogP contribution in [-0.2, 0) is 9.71 Å². The number of nitrogens with one attached hydrogen (secondary N) is 1. The molecule has 2 aliphatic carbocycles. The Balaban J connectivity index is 0.000000284. The van der Waals surface area contributed by atoms with Gasteiger partial charge in [0.05, 0.1) is 9.71 Å². The Labute approximate surface area is 708 Å². The standard InChI is InChI=1S/C16H26N2O.C15H24N2.C15H23NO.C14H22N2.C13H19NOS.C13H17NO.C12H16O.3CH4/c1-14(2)15-4-6-16(7-5-15)19-13-12-18-10-8-17(3)9-11-18;1-12(2)14-5-6-15(13(3)11-14)17-9-7-16(4)8-10-17;1-13(2)14-5-7-15(8-6-14)17-12-11-16-9-3-4-10-16;1-12(2)13-4-6-14(7-5-13)16-10-8-15(3)9-11-16;1-10(2)11-4-8-13(9-5-11)16(3,15)14-12-6-7-12;1-9(2)11-5-6-12(14-8-11)13(15)7-10-3-4-10;1-4-12(13)11-7-5-10(6-8-11)9(2)3;;;/h4-7,14H,8-13H2,1-3H3;5-6,11-12H,7-10H2,1-4H3;5-8,13H,3-4,9-12H2,1-2H3;4-7,12H,8-11H2,1-3H3;4-5,8-10,12H,3,6-7H2,1-2H3,(H,14,15);5-6,8-10H,3-4,7H2,1-2H3;5-9H,4H2,1-3H3;3*1H4. The molecule has 2 saturated carbocycles. The second-order valence-electron chi connectivity index (χ2n) is 34.4. The van der Waals surface area contributed by atoms with Crippen molar-refractivity contribution in [3.8, 4) is 11.5 Å². The summed E-state index contributed by atoms with van der Waals surface area (Å²) in [5, 5.41) is 0. The zero-order chi connectivity index (χ0) is 82.2. The molecule has 5 heterocycles. The van der Waals surface area contributed by atoms with E-state index in [1.54, 1.807) is 0 Å². The Hall–Kier alpha value is -7.21. The number of rotatable bonds is 25. The molecule has 1 unspecified atom stereocenters. The average molecular weight is 1610 g/mol. The zero-order valence-corrected chi connectivity index (χ0v) is 74.1. The maximum Gasteiger partial charge on any atom is 0.181 e. The fourth-order valence-corrected chi connectivity index (χ4v) is 15.1. The van der Waals surface area contributed by atoms with Crippen LogP contribution in [0.1, 0.15) is 284 Å². The van der Waals surface area contributed by atoms with Crippen molar-refractivity contribution in [1.29, 1.82) is 0 Å². The number of benzene rings is 6. The number of ketones is 2. The molecule has 0 radical (unpaired) electrons. The molecule has 14 nitrogen and oxygen atoms in total. The molecule has 1 N–H and O–H groups in total. The molecule has 1 atom stereocenters. The van der Waals surface area contributed by atoms with Gasteiger partial charge in [0, 0.05) is 139 Å². The number of aryl methyl sites for hydroxylation is 1. The van der Waals surface area contributed by atoms with Crippen LogP contribution in [0.15, 0.2) is 163 Å². The predicted molar refractivity (Wildman–Crippen MR) is 502 cm³/mol. The lowest BCUT2D eigenvalue weighted by molar-refractivity contribution is 0.0968. The smallest absolute Gasteiger partial charge is 0.181 e. The van der Waals surface area contributed by atoms with E-state index < -0.39 is 9.71 Å². The van der Waals surface area contributed by atoms with Gasteiger partial charge in [-0.15, -0.1) is 0 Å². The van der Waals surface area contributed by atoms with Gasteiger partial charge in [0.25, 0.3) is 0 Å². The Kier molecular flexibility index (Phi) is 45.3. The lowest BCUT2D eigenvalue weighted by Gasteiger charge is -2.35. The SMILES string of the molecule is C.C.C.C=S(=O)(NC1CC1)c1ccc(C(C)C)cc1.CC(C)c1ccc(C(=O)CC2CC2)nc1.CC(C)c1ccc(N2CCN(C)CC2)cc1.CC(C)c1ccc(OCCN2CCCC2)cc1.CC(C)c1ccc(OCCN2CCN(C)CC2)cc1.CCC(=O)c1ccc(C(C)C)cc1.Cc1cc(C(C)C)ccc1N1CCN(C)CC1. The molecule has 7 aromatic rings. The van der Waals surface area contributed by atoms with Gasteiger partial charge in [-0.25, -0.2) is 8.93 Å². The number of nitrogens with zero attached hydrogens (tertiary/aromatic N) is 8. The van der Waals surface area contributed by atoms with Gasteiger partial charge in [0.15, 0.2) is 11.6 Å². The number of likely N-dealkylation sites (tertiary alicyclic amines) is 1. The van der Waals surface area contributed by atoms with Crippen LogP contribution in [0.2, 0.25) is 0 Å². The van der Waals surface area contributed by atoms with E-state index >= 15 is 0 Å². The van der Waals surface area contributed by atoms with Gasteiger partial charge in [0.2, 0.25) is 0 Å². The van der Waals surface area contributed by atoms with E-state index in [2.05, 4.69) is 266 Å².